The van der Waals surface area contributed by atoms with E-state index in [0.717, 1.165) is 61.7 Å². The summed E-state index contributed by atoms with van der Waals surface area (Å²) >= 11 is 0. The number of hydrogen-bond acceptors (Lipinski definition) is 2. The van der Waals surface area contributed by atoms with Crippen LogP contribution in [0.25, 0.3) is 60.8 Å². The van der Waals surface area contributed by atoms with Crippen molar-refractivity contribution in [2.45, 2.75) is 0 Å². The van der Waals surface area contributed by atoms with E-state index in [4.69, 9.17) is 4.98 Å². The van der Waals surface area contributed by atoms with E-state index in [2.05, 4.69) is 198 Å². The standard InChI is InChI=1S/C45H31N3/c1-4-17-35(18-5-1)47(36-19-6-2-7-20-36)38-29-27-32(28-30-38)33-15-14-16-34(31-33)45-46-43-41-25-12-10-23-39(41)40-24-11-13-26-42(40)44(43)48(45)37-21-8-3-9-22-37/h1-31H. The molecule has 0 unspecified atom stereocenters. The lowest BCUT2D eigenvalue weighted by atomic mass is 10.00. The molecule has 0 bridgehead atoms. The molecule has 0 N–H and O–H groups in total. The zero-order valence-electron chi connectivity index (χ0n) is 26.2. The van der Waals surface area contributed by atoms with E-state index >= 15 is 0 Å². The highest BCUT2D eigenvalue weighted by Gasteiger charge is 2.20. The topological polar surface area (TPSA) is 21.1 Å². The Morgan fingerprint density at radius 1 is 0.375 bits per heavy atom. The fourth-order valence-corrected chi connectivity index (χ4v) is 6.97. The van der Waals surface area contributed by atoms with Gasteiger partial charge in [-0.1, -0.05) is 133 Å². The van der Waals surface area contributed by atoms with Crippen LogP contribution in [0, 0.1) is 0 Å². The van der Waals surface area contributed by atoms with E-state index in [1.54, 1.807) is 0 Å². The lowest BCUT2D eigenvalue weighted by Crippen LogP contribution is -2.09. The van der Waals surface area contributed by atoms with Gasteiger partial charge in [-0.25, -0.2) is 4.98 Å². The number of imidazole rings is 1. The fraction of sp³-hybridized carbons (Fsp3) is 0. The minimum absolute atomic E-state index is 0.926. The summed E-state index contributed by atoms with van der Waals surface area (Å²) in [6.07, 6.45) is 0. The van der Waals surface area contributed by atoms with Crippen LogP contribution in [-0.2, 0) is 0 Å². The predicted octanol–water partition coefficient (Wildman–Crippen LogP) is 12.1. The molecule has 8 aromatic carbocycles. The number of hydrogen-bond donors (Lipinski definition) is 0. The Morgan fingerprint density at radius 2 is 0.875 bits per heavy atom. The Hall–Kier alpha value is -6.45. The van der Waals surface area contributed by atoms with E-state index in [0.29, 0.717) is 0 Å². The molecular weight excluding hydrogens is 583 g/mol. The van der Waals surface area contributed by atoms with Gasteiger partial charge in [0, 0.05) is 39.1 Å². The lowest BCUT2D eigenvalue weighted by Gasteiger charge is -2.25. The molecule has 9 rings (SSSR count). The van der Waals surface area contributed by atoms with Crippen molar-refractivity contribution in [3.05, 3.63) is 188 Å². The van der Waals surface area contributed by atoms with Crippen LogP contribution in [0.5, 0.6) is 0 Å². The molecule has 0 saturated carbocycles. The van der Waals surface area contributed by atoms with Crippen LogP contribution in [0.15, 0.2) is 188 Å². The smallest absolute Gasteiger partial charge is 0.145 e. The van der Waals surface area contributed by atoms with Crippen molar-refractivity contribution in [1.29, 1.82) is 0 Å². The highest BCUT2D eigenvalue weighted by molar-refractivity contribution is 6.24. The summed E-state index contributed by atoms with van der Waals surface area (Å²) in [5.74, 6) is 0.926. The SMILES string of the molecule is c1ccc(N(c2ccccc2)c2ccc(-c3cccc(-c4nc5c6ccccc6c6ccccc6c5n4-c4ccccc4)c3)cc2)cc1. The third-order valence-electron chi connectivity index (χ3n) is 9.15. The van der Waals surface area contributed by atoms with E-state index in [1.165, 1.54) is 16.2 Å². The van der Waals surface area contributed by atoms with E-state index in [1.807, 2.05) is 0 Å². The summed E-state index contributed by atoms with van der Waals surface area (Å²) in [6, 6.07) is 66.6. The molecule has 0 radical (unpaired) electrons. The van der Waals surface area contributed by atoms with Crippen LogP contribution in [0.4, 0.5) is 17.1 Å². The van der Waals surface area contributed by atoms with Gasteiger partial charge in [0.15, 0.2) is 0 Å². The minimum Gasteiger partial charge on any atom is -0.311 e. The fourth-order valence-electron chi connectivity index (χ4n) is 6.97. The maximum absolute atomic E-state index is 5.43. The molecule has 0 fully saturated rings. The van der Waals surface area contributed by atoms with Crippen LogP contribution in [0.3, 0.4) is 0 Å². The van der Waals surface area contributed by atoms with Gasteiger partial charge in [-0.05, 0) is 76.5 Å². The third-order valence-corrected chi connectivity index (χ3v) is 9.15. The highest BCUT2D eigenvalue weighted by atomic mass is 15.1. The first-order chi connectivity index (χ1) is 23.8. The first kappa shape index (κ1) is 27.8. The molecule has 226 valence electrons. The van der Waals surface area contributed by atoms with Crippen molar-refractivity contribution < 1.29 is 0 Å². The summed E-state index contributed by atoms with van der Waals surface area (Å²) < 4.78 is 2.34. The Kier molecular flexibility index (Phi) is 6.80. The number of nitrogens with zero attached hydrogens (tertiary/aromatic N) is 3. The molecule has 0 atom stereocenters. The normalized spacial score (nSPS) is 11.3. The molecule has 0 spiro atoms. The summed E-state index contributed by atoms with van der Waals surface area (Å²) in [5, 5.41) is 4.81. The quantitative estimate of drug-likeness (QED) is 0.174. The molecule has 3 heteroatoms. The Balaban J connectivity index is 1.20. The van der Waals surface area contributed by atoms with Crippen LogP contribution in [0.2, 0.25) is 0 Å². The van der Waals surface area contributed by atoms with Gasteiger partial charge in [0.05, 0.1) is 11.0 Å². The molecule has 0 aliphatic rings. The van der Waals surface area contributed by atoms with E-state index in [9.17, 15) is 0 Å². The van der Waals surface area contributed by atoms with E-state index in [-0.39, 0.29) is 0 Å². The van der Waals surface area contributed by atoms with Gasteiger partial charge in [0.2, 0.25) is 0 Å². The number of fused-ring (bicyclic) bond motifs is 6. The first-order valence-electron chi connectivity index (χ1n) is 16.3. The van der Waals surface area contributed by atoms with Crippen molar-refractivity contribution in [3.63, 3.8) is 0 Å². The maximum Gasteiger partial charge on any atom is 0.145 e. The van der Waals surface area contributed by atoms with Gasteiger partial charge in [-0.15, -0.1) is 0 Å². The van der Waals surface area contributed by atoms with Crippen LogP contribution >= 0.6 is 0 Å². The second-order valence-electron chi connectivity index (χ2n) is 12.0. The number of benzene rings is 8. The van der Waals surface area contributed by atoms with Gasteiger partial charge in [-0.3, -0.25) is 4.57 Å². The maximum atomic E-state index is 5.43. The van der Waals surface area contributed by atoms with Crippen molar-refractivity contribution in [2.75, 3.05) is 4.90 Å². The van der Waals surface area contributed by atoms with Gasteiger partial charge in [0.25, 0.3) is 0 Å². The van der Waals surface area contributed by atoms with Gasteiger partial charge in [0.1, 0.15) is 5.82 Å². The summed E-state index contributed by atoms with van der Waals surface area (Å²) in [6.45, 7) is 0. The molecule has 0 aliphatic carbocycles. The Morgan fingerprint density at radius 3 is 1.52 bits per heavy atom. The van der Waals surface area contributed by atoms with Crippen LogP contribution in [0.1, 0.15) is 0 Å². The van der Waals surface area contributed by atoms with Crippen molar-refractivity contribution in [3.8, 4) is 28.2 Å². The van der Waals surface area contributed by atoms with Crippen molar-refractivity contribution >= 4 is 49.6 Å². The molecule has 48 heavy (non-hydrogen) atoms. The zero-order chi connectivity index (χ0) is 31.9. The average Bonchev–Trinajstić information content (AvgIpc) is 3.58. The molecule has 0 aliphatic heterocycles. The summed E-state index contributed by atoms with van der Waals surface area (Å²) in [4.78, 5) is 7.72. The van der Waals surface area contributed by atoms with E-state index < -0.39 is 0 Å². The molecule has 1 aromatic heterocycles. The van der Waals surface area contributed by atoms with Crippen LogP contribution in [-0.4, -0.2) is 9.55 Å². The molecule has 0 saturated heterocycles. The Labute approximate surface area is 279 Å². The van der Waals surface area contributed by atoms with Gasteiger partial charge in [-0.2, -0.15) is 0 Å². The minimum atomic E-state index is 0.926. The molecule has 9 aromatic rings. The summed E-state index contributed by atoms with van der Waals surface area (Å²) in [5.41, 5.74) is 9.95. The number of anilines is 3. The zero-order valence-corrected chi connectivity index (χ0v) is 26.2. The molecule has 0 amide bonds. The molecule has 1 heterocycles. The lowest BCUT2D eigenvalue weighted by molar-refractivity contribution is 1.11. The second kappa shape index (κ2) is 11.7. The van der Waals surface area contributed by atoms with Crippen molar-refractivity contribution in [2.24, 2.45) is 0 Å². The van der Waals surface area contributed by atoms with Gasteiger partial charge < -0.3 is 4.90 Å². The average molecular weight is 614 g/mol. The van der Waals surface area contributed by atoms with Crippen molar-refractivity contribution in [1.82, 2.24) is 9.55 Å². The van der Waals surface area contributed by atoms with Crippen LogP contribution < -0.4 is 4.90 Å². The molecule has 3 nitrogen and oxygen atoms in total. The number of aromatic nitrogens is 2. The predicted molar refractivity (Wildman–Crippen MR) is 202 cm³/mol. The largest absolute Gasteiger partial charge is 0.311 e. The monoisotopic (exact) mass is 613 g/mol. The Bertz CT molecular complexity index is 2500. The molecular formula is C45H31N3. The second-order valence-corrected chi connectivity index (χ2v) is 12.0. The highest BCUT2D eigenvalue weighted by Crippen LogP contribution is 2.40. The third kappa shape index (κ3) is 4.72. The first-order valence-corrected chi connectivity index (χ1v) is 16.3. The number of rotatable bonds is 6. The number of para-hydroxylation sites is 3. The van der Waals surface area contributed by atoms with Gasteiger partial charge >= 0.3 is 0 Å². The summed E-state index contributed by atoms with van der Waals surface area (Å²) in [7, 11) is 0.